The Labute approximate surface area is 193 Å². The van der Waals surface area contributed by atoms with Gasteiger partial charge < -0.3 is 19.8 Å². The second kappa shape index (κ2) is 19.5. The maximum Gasteiger partial charge on any atom is 2.00 e. The molecule has 0 aliphatic carbocycles. The molecule has 0 rings (SSSR count). The van der Waals surface area contributed by atoms with E-state index in [2.05, 4.69) is 41.5 Å². The van der Waals surface area contributed by atoms with Gasteiger partial charge in [-0.15, -0.1) is 0 Å². The molecule has 0 N–H and O–H groups in total. The first-order valence-electron chi connectivity index (χ1n) is 11.2. The van der Waals surface area contributed by atoms with Gasteiger partial charge in [0.2, 0.25) is 0 Å². The summed E-state index contributed by atoms with van der Waals surface area (Å²) in [5, 5.41) is 20.2. The van der Waals surface area contributed by atoms with Gasteiger partial charge in [-0.05, 0) is 49.4 Å². The van der Waals surface area contributed by atoms with Gasteiger partial charge in [-0.1, -0.05) is 92.9 Å². The average Bonchev–Trinajstić information content (AvgIpc) is 2.51. The standard InChI is InChI=1S/2C12H24O2.Zn/c2*1-12(2,3)10-8-6-4-5-7-9-11(13)14;/h2*4-10H2,1-3H3,(H,13,14);/q;;+2/p-2. The van der Waals surface area contributed by atoms with Gasteiger partial charge in [0.25, 0.3) is 0 Å². The fraction of sp³-hybridized carbons (Fsp3) is 0.917. The van der Waals surface area contributed by atoms with Crippen molar-refractivity contribution in [2.45, 2.75) is 131 Å². The van der Waals surface area contributed by atoms with Crippen LogP contribution in [-0.4, -0.2) is 11.9 Å². The van der Waals surface area contributed by atoms with Crippen molar-refractivity contribution in [2.75, 3.05) is 0 Å². The quantitative estimate of drug-likeness (QED) is 0.267. The second-order valence-electron chi connectivity index (χ2n) is 10.4. The van der Waals surface area contributed by atoms with Crippen LogP contribution >= 0.6 is 0 Å². The van der Waals surface area contributed by atoms with E-state index in [1.807, 2.05) is 0 Å². The van der Waals surface area contributed by atoms with Gasteiger partial charge in [0.15, 0.2) is 0 Å². The fourth-order valence-corrected chi connectivity index (χ4v) is 2.91. The van der Waals surface area contributed by atoms with E-state index < -0.39 is 11.9 Å². The summed E-state index contributed by atoms with van der Waals surface area (Å²) in [5.41, 5.74) is 0.871. The van der Waals surface area contributed by atoms with Crippen LogP contribution < -0.4 is 10.2 Å². The summed E-state index contributed by atoms with van der Waals surface area (Å²) in [4.78, 5) is 20.2. The number of carbonyl (C=O) groups excluding carboxylic acids is 2. The minimum absolute atomic E-state index is 0. The predicted octanol–water partition coefficient (Wildman–Crippen LogP) is 5.02. The molecule has 0 unspecified atom stereocenters. The molecule has 168 valence electrons. The fourth-order valence-electron chi connectivity index (χ4n) is 2.91. The smallest absolute Gasteiger partial charge is 0.550 e. The Morgan fingerprint density at radius 1 is 0.517 bits per heavy atom. The van der Waals surface area contributed by atoms with Crippen LogP contribution in [0.25, 0.3) is 0 Å². The van der Waals surface area contributed by atoms with Gasteiger partial charge in [-0.3, -0.25) is 0 Å². The number of aliphatic carboxylic acids is 2. The van der Waals surface area contributed by atoms with Crippen LogP contribution in [0.3, 0.4) is 0 Å². The van der Waals surface area contributed by atoms with Crippen LogP contribution in [0.2, 0.25) is 0 Å². The van der Waals surface area contributed by atoms with Gasteiger partial charge >= 0.3 is 19.5 Å². The number of hydrogen-bond donors (Lipinski definition) is 0. The number of carbonyl (C=O) groups is 2. The van der Waals surface area contributed by atoms with Crippen molar-refractivity contribution < 1.29 is 39.3 Å². The van der Waals surface area contributed by atoms with Crippen LogP contribution in [0, 0.1) is 10.8 Å². The maximum atomic E-state index is 10.1. The van der Waals surface area contributed by atoms with Gasteiger partial charge in [0.1, 0.15) is 0 Å². The zero-order valence-electron chi connectivity index (χ0n) is 20.2. The second-order valence-corrected chi connectivity index (χ2v) is 10.4. The molecular formula is C24H46O4Zn. The molecule has 4 nitrogen and oxygen atoms in total. The van der Waals surface area contributed by atoms with Crippen LogP contribution in [0.5, 0.6) is 0 Å². The third-order valence-electron chi connectivity index (χ3n) is 4.62. The largest absolute Gasteiger partial charge is 2.00 e. The summed E-state index contributed by atoms with van der Waals surface area (Å²) in [6, 6.07) is 0. The minimum atomic E-state index is -0.917. The summed E-state index contributed by atoms with van der Waals surface area (Å²) in [6.07, 6.45) is 13.8. The Bertz CT molecular complexity index is 357. The van der Waals surface area contributed by atoms with Crippen LogP contribution in [0.4, 0.5) is 0 Å². The molecule has 0 aromatic carbocycles. The van der Waals surface area contributed by atoms with Crippen molar-refractivity contribution in [3.05, 3.63) is 0 Å². The number of rotatable bonds is 14. The molecule has 0 fully saturated rings. The molecule has 0 aromatic rings. The zero-order chi connectivity index (χ0) is 22.1. The molecule has 0 aliphatic heterocycles. The summed E-state index contributed by atoms with van der Waals surface area (Å²) in [7, 11) is 0. The SMILES string of the molecule is CC(C)(C)CCCCCCCC(=O)[O-].CC(C)(C)CCCCCCCC(=O)[O-].[Zn+2]. The van der Waals surface area contributed by atoms with Crippen molar-refractivity contribution in [3.8, 4) is 0 Å². The monoisotopic (exact) mass is 462 g/mol. The summed E-state index contributed by atoms with van der Waals surface area (Å²) < 4.78 is 0. The Kier molecular flexibility index (Phi) is 22.4. The van der Waals surface area contributed by atoms with Crippen LogP contribution in [-0.2, 0) is 29.1 Å². The Morgan fingerprint density at radius 2 is 0.759 bits per heavy atom. The first-order chi connectivity index (χ1) is 12.8. The predicted molar refractivity (Wildman–Crippen MR) is 114 cm³/mol. The van der Waals surface area contributed by atoms with Crippen LogP contribution in [0.1, 0.15) is 131 Å². The van der Waals surface area contributed by atoms with Gasteiger partial charge in [-0.25, -0.2) is 0 Å². The normalized spacial score (nSPS) is 11.2. The van der Waals surface area contributed by atoms with Crippen molar-refractivity contribution in [2.24, 2.45) is 10.8 Å². The summed E-state index contributed by atoms with van der Waals surface area (Å²) >= 11 is 0. The Hall–Kier alpha value is -0.437. The number of carboxylic acid groups (broad SMARTS) is 2. The van der Waals surface area contributed by atoms with Crippen molar-refractivity contribution in [1.82, 2.24) is 0 Å². The van der Waals surface area contributed by atoms with E-state index in [1.165, 1.54) is 38.5 Å². The van der Waals surface area contributed by atoms with E-state index >= 15 is 0 Å². The van der Waals surface area contributed by atoms with Crippen molar-refractivity contribution in [3.63, 3.8) is 0 Å². The van der Waals surface area contributed by atoms with Crippen molar-refractivity contribution in [1.29, 1.82) is 0 Å². The molecule has 0 bridgehead atoms. The van der Waals surface area contributed by atoms with Crippen LogP contribution in [0.15, 0.2) is 0 Å². The summed E-state index contributed by atoms with van der Waals surface area (Å²) in [6.45, 7) is 13.5. The third-order valence-corrected chi connectivity index (χ3v) is 4.62. The Balaban J connectivity index is -0.000000451. The molecule has 0 amide bonds. The third kappa shape index (κ3) is 38.7. The molecule has 0 radical (unpaired) electrons. The van der Waals surface area contributed by atoms with E-state index in [1.54, 1.807) is 0 Å². The molecule has 0 atom stereocenters. The molecule has 0 aliphatic rings. The molecule has 0 saturated heterocycles. The molecule has 29 heavy (non-hydrogen) atoms. The van der Waals surface area contributed by atoms with Gasteiger partial charge in [0, 0.05) is 11.9 Å². The molecule has 5 heteroatoms. The number of carboxylic acids is 2. The topological polar surface area (TPSA) is 80.3 Å². The number of unbranched alkanes of at least 4 members (excludes halogenated alkanes) is 8. The molecule has 0 aromatic heterocycles. The first kappa shape index (κ1) is 33.2. The molecule has 0 saturated carbocycles. The molecule has 0 heterocycles. The van der Waals surface area contributed by atoms with E-state index in [-0.39, 0.29) is 32.3 Å². The molecule has 0 spiro atoms. The maximum absolute atomic E-state index is 10.1. The van der Waals surface area contributed by atoms with Gasteiger partial charge in [-0.2, -0.15) is 0 Å². The minimum Gasteiger partial charge on any atom is -0.550 e. The number of hydrogen-bond acceptors (Lipinski definition) is 4. The van der Waals surface area contributed by atoms with E-state index in [0.29, 0.717) is 10.8 Å². The average molecular weight is 464 g/mol. The van der Waals surface area contributed by atoms with Crippen molar-refractivity contribution >= 4 is 11.9 Å². The van der Waals surface area contributed by atoms with E-state index in [9.17, 15) is 19.8 Å². The summed E-state index contributed by atoms with van der Waals surface area (Å²) in [5.74, 6) is -1.83. The first-order valence-corrected chi connectivity index (χ1v) is 11.2. The van der Waals surface area contributed by atoms with E-state index in [0.717, 1.165) is 38.5 Å². The zero-order valence-corrected chi connectivity index (χ0v) is 23.2. The Morgan fingerprint density at radius 3 is 1.00 bits per heavy atom. The molecular weight excluding hydrogens is 418 g/mol. The van der Waals surface area contributed by atoms with Gasteiger partial charge in [0.05, 0.1) is 0 Å². The van der Waals surface area contributed by atoms with E-state index in [4.69, 9.17) is 0 Å².